The van der Waals surface area contributed by atoms with E-state index in [-0.39, 0.29) is 23.3 Å². The van der Waals surface area contributed by atoms with Crippen molar-refractivity contribution in [1.29, 1.82) is 0 Å². The maximum absolute atomic E-state index is 13.8. The molecule has 0 aromatic rings. The Hall–Kier alpha value is -1.66. The number of likely N-dealkylation sites (N-methyl/N-ethyl adjacent to an activating group) is 1. The summed E-state index contributed by atoms with van der Waals surface area (Å²) in [5.74, 6) is -41.5. The molecule has 226 valence electrons. The molecule has 0 aliphatic heterocycles. The third kappa shape index (κ3) is 8.17. The molecule has 1 atom stereocenters. The summed E-state index contributed by atoms with van der Waals surface area (Å²) in [6.45, 7) is 1.30. The van der Waals surface area contributed by atoms with Crippen molar-refractivity contribution in [3.8, 4) is 0 Å². The van der Waals surface area contributed by atoms with E-state index in [1.165, 1.54) is 6.92 Å². The maximum atomic E-state index is 13.8. The lowest BCUT2D eigenvalue weighted by Gasteiger charge is -2.39. The number of aliphatic carboxylic acids is 1. The monoisotopic (exact) mass is 608 g/mol. The van der Waals surface area contributed by atoms with Gasteiger partial charge in [0.2, 0.25) is 5.91 Å². The number of quaternary nitrogens is 1. The molecule has 5 nitrogen and oxygen atoms in total. The number of alkyl halides is 13. The summed E-state index contributed by atoms with van der Waals surface area (Å²) in [5.41, 5.74) is 0. The third-order valence-electron chi connectivity index (χ3n) is 5.17. The molecule has 0 spiro atoms. The number of halogens is 13. The number of amides is 1. The number of carbonyl (C=O) groups is 2. The zero-order valence-electron chi connectivity index (χ0n) is 20.0. The largest absolute Gasteiger partial charge is 0.544 e. The number of rotatable bonds is 16. The van der Waals surface area contributed by atoms with E-state index in [1.54, 1.807) is 14.1 Å². The molecule has 0 heterocycles. The molecule has 0 aromatic heterocycles. The lowest BCUT2D eigenvalue weighted by Crippen LogP contribution is -2.70. The van der Waals surface area contributed by atoms with Crippen molar-refractivity contribution in [1.82, 2.24) is 5.32 Å². The van der Waals surface area contributed by atoms with E-state index < -0.39 is 65.8 Å². The van der Waals surface area contributed by atoms with Gasteiger partial charge in [0.05, 0.1) is 26.6 Å². The van der Waals surface area contributed by atoms with Crippen LogP contribution < -0.4 is 10.4 Å². The third-order valence-corrected chi connectivity index (χ3v) is 6.40. The van der Waals surface area contributed by atoms with Crippen LogP contribution >= 0.6 is 11.8 Å². The molecule has 0 rings (SSSR count). The number of carboxylic acid groups (broad SMARTS) is 1. The summed E-state index contributed by atoms with van der Waals surface area (Å²) in [6.07, 6.45) is -9.48. The summed E-state index contributed by atoms with van der Waals surface area (Å²) in [5, 5.41) is 13.0. The van der Waals surface area contributed by atoms with Crippen LogP contribution in [0.1, 0.15) is 19.8 Å². The highest BCUT2D eigenvalue weighted by Gasteiger charge is 2.90. The minimum absolute atomic E-state index is 0.0290. The quantitative estimate of drug-likeness (QED) is 0.165. The molecule has 0 aromatic carbocycles. The zero-order valence-corrected chi connectivity index (χ0v) is 20.8. The van der Waals surface area contributed by atoms with Gasteiger partial charge in [-0.25, -0.2) is 0 Å². The molecule has 1 N–H and O–H groups in total. The van der Waals surface area contributed by atoms with Crippen LogP contribution in [0, 0.1) is 5.92 Å². The van der Waals surface area contributed by atoms with Crippen molar-refractivity contribution in [3.05, 3.63) is 0 Å². The first-order valence-electron chi connectivity index (χ1n) is 10.5. The molecule has 0 saturated heterocycles. The normalized spacial score (nSPS) is 15.4. The Kier molecular flexibility index (Phi) is 11.7. The first-order valence-corrected chi connectivity index (χ1v) is 11.7. The van der Waals surface area contributed by atoms with Crippen LogP contribution in [0.4, 0.5) is 57.1 Å². The standard InChI is InChI=1S/C19H25F13N2O3S/c1-11(13(37)33-6-4-7-34(2,3)9-12(35)36)10-38-8-5-14(20,21)15(22,23)16(24,25)17(26,27)18(28,29)19(30,31)32/h11H,4-10H2,1-3H3,(H-,33,35,36,37). The van der Waals surface area contributed by atoms with Crippen molar-refractivity contribution < 1.29 is 76.3 Å². The van der Waals surface area contributed by atoms with Crippen LogP contribution in [0.15, 0.2) is 0 Å². The predicted octanol–water partition coefficient (Wildman–Crippen LogP) is 3.82. The highest BCUT2D eigenvalue weighted by molar-refractivity contribution is 7.99. The first kappa shape index (κ1) is 36.3. The van der Waals surface area contributed by atoms with Crippen molar-refractivity contribution in [2.24, 2.45) is 5.92 Å². The summed E-state index contributed by atoms with van der Waals surface area (Å²) in [6, 6.07) is 0. The van der Waals surface area contributed by atoms with Gasteiger partial charge in [-0.05, 0) is 5.75 Å². The fraction of sp³-hybridized carbons (Fsp3) is 0.895. The number of hydrogen-bond donors (Lipinski definition) is 1. The Bertz CT molecular complexity index is 820. The van der Waals surface area contributed by atoms with Gasteiger partial charge in [0.1, 0.15) is 6.54 Å². The first-order chi connectivity index (χ1) is 16.7. The van der Waals surface area contributed by atoms with E-state index in [0.717, 1.165) is 0 Å². The van der Waals surface area contributed by atoms with Crippen LogP contribution in [0.5, 0.6) is 0 Å². The van der Waals surface area contributed by atoms with E-state index in [1.807, 2.05) is 0 Å². The molecule has 38 heavy (non-hydrogen) atoms. The number of nitrogens with one attached hydrogen (secondary N) is 1. The highest BCUT2D eigenvalue weighted by atomic mass is 32.2. The topological polar surface area (TPSA) is 69.2 Å². The van der Waals surface area contributed by atoms with Crippen LogP contribution in [-0.2, 0) is 9.59 Å². The predicted molar refractivity (Wildman–Crippen MR) is 106 cm³/mol. The highest BCUT2D eigenvalue weighted by Crippen LogP contribution is 2.60. The molecule has 19 heteroatoms. The Morgan fingerprint density at radius 3 is 1.76 bits per heavy atom. The van der Waals surface area contributed by atoms with E-state index in [9.17, 15) is 71.8 Å². The van der Waals surface area contributed by atoms with Crippen molar-refractivity contribution in [2.45, 2.75) is 55.6 Å². The smallest absolute Gasteiger partial charge is 0.460 e. The second kappa shape index (κ2) is 12.2. The van der Waals surface area contributed by atoms with Gasteiger partial charge in [-0.3, -0.25) is 4.79 Å². The second-order valence-corrected chi connectivity index (χ2v) is 10.2. The Morgan fingerprint density at radius 2 is 1.32 bits per heavy atom. The minimum atomic E-state index is -7.93. The fourth-order valence-electron chi connectivity index (χ4n) is 2.82. The molecule has 0 aliphatic carbocycles. The van der Waals surface area contributed by atoms with E-state index >= 15 is 0 Å². The summed E-state index contributed by atoms with van der Waals surface area (Å²) in [7, 11) is 3.16. The number of hydrogen-bond acceptors (Lipinski definition) is 4. The Morgan fingerprint density at radius 1 is 0.842 bits per heavy atom. The maximum Gasteiger partial charge on any atom is 0.460 e. The molecule has 1 unspecified atom stereocenters. The minimum Gasteiger partial charge on any atom is -0.544 e. The average Bonchev–Trinajstić information content (AvgIpc) is 2.71. The number of thioether (sulfide) groups is 1. The molecular formula is C19H25F13N2O3S. The number of carboxylic acids is 1. The van der Waals surface area contributed by atoms with Crippen LogP contribution in [-0.4, -0.2) is 97.4 Å². The molecule has 0 radical (unpaired) electrons. The number of nitrogens with zero attached hydrogens (tertiary/aromatic N) is 1. The van der Waals surface area contributed by atoms with Gasteiger partial charge in [0, 0.05) is 31.1 Å². The molecule has 0 bridgehead atoms. The van der Waals surface area contributed by atoms with E-state index in [0.29, 0.717) is 24.7 Å². The zero-order chi connectivity index (χ0) is 30.6. The summed E-state index contributed by atoms with van der Waals surface area (Å²) < 4.78 is 170. The average molecular weight is 608 g/mol. The fourth-order valence-corrected chi connectivity index (χ4v) is 3.89. The van der Waals surface area contributed by atoms with Crippen LogP contribution in [0.25, 0.3) is 0 Å². The molecular weight excluding hydrogens is 583 g/mol. The van der Waals surface area contributed by atoms with Gasteiger partial charge in [0.25, 0.3) is 0 Å². The Balaban J connectivity index is 4.99. The van der Waals surface area contributed by atoms with Crippen molar-refractivity contribution >= 4 is 23.6 Å². The van der Waals surface area contributed by atoms with Crippen LogP contribution in [0.2, 0.25) is 0 Å². The van der Waals surface area contributed by atoms with Crippen LogP contribution in [0.3, 0.4) is 0 Å². The molecule has 0 saturated carbocycles. The second-order valence-electron chi connectivity index (χ2n) is 9.06. The van der Waals surface area contributed by atoms with Crippen molar-refractivity contribution in [2.75, 3.05) is 45.2 Å². The SMILES string of the molecule is CC(CSCCC(F)(F)C(F)(F)C(F)(F)C(F)(F)C(F)(F)C(F)(F)F)C(=O)NCCC[N+](C)(C)CC(=O)[O-]. The molecule has 0 fully saturated rings. The van der Waals surface area contributed by atoms with Gasteiger partial charge in [-0.15, -0.1) is 0 Å². The van der Waals surface area contributed by atoms with Gasteiger partial charge < -0.3 is 19.7 Å². The lowest BCUT2D eigenvalue weighted by atomic mass is 9.93. The summed E-state index contributed by atoms with van der Waals surface area (Å²) >= 11 is 0.301. The van der Waals surface area contributed by atoms with Gasteiger partial charge in [-0.1, -0.05) is 6.92 Å². The number of carbonyl (C=O) groups excluding carboxylic acids is 2. The Labute approximate surface area is 212 Å². The summed E-state index contributed by atoms with van der Waals surface area (Å²) in [4.78, 5) is 22.6. The molecule has 1 amide bonds. The lowest BCUT2D eigenvalue weighted by molar-refractivity contribution is -0.884. The van der Waals surface area contributed by atoms with Gasteiger partial charge >= 0.3 is 35.8 Å². The molecule has 0 aliphatic rings. The van der Waals surface area contributed by atoms with Gasteiger partial charge in [-0.2, -0.15) is 68.8 Å². The van der Waals surface area contributed by atoms with Crippen molar-refractivity contribution in [3.63, 3.8) is 0 Å². The van der Waals surface area contributed by atoms with E-state index in [4.69, 9.17) is 0 Å². The van der Waals surface area contributed by atoms with Gasteiger partial charge in [0.15, 0.2) is 0 Å². The van der Waals surface area contributed by atoms with E-state index in [2.05, 4.69) is 5.32 Å².